The molecule has 2 aromatic heterocycles. The van der Waals surface area contributed by atoms with E-state index < -0.39 is 0 Å². The van der Waals surface area contributed by atoms with Crippen LogP contribution in [0.15, 0.2) is 36.8 Å². The van der Waals surface area contributed by atoms with Crippen molar-refractivity contribution >= 4 is 0 Å². The van der Waals surface area contributed by atoms with E-state index in [0.717, 1.165) is 37.6 Å². The zero-order valence-electron chi connectivity index (χ0n) is 13.3. The van der Waals surface area contributed by atoms with Gasteiger partial charge in [-0.25, -0.2) is 9.97 Å². The molecular weight excluding hydrogens is 274 g/mol. The highest BCUT2D eigenvalue weighted by Crippen LogP contribution is 2.31. The molecule has 1 atom stereocenters. The molecule has 22 heavy (non-hydrogen) atoms. The van der Waals surface area contributed by atoms with E-state index in [1.165, 1.54) is 12.0 Å². The standard InChI is InChI=1S/C17H23N5/c1-21(2)13-15-7-10-19-17(20-15)16-4-3-11-22(16)12-14-5-8-18-9-6-14/h5-10,16H,3-4,11-13H2,1-2H3/t16-/m1/s1. The first-order chi connectivity index (χ1) is 10.7. The van der Waals surface area contributed by atoms with Crippen molar-refractivity contribution in [3.63, 3.8) is 0 Å². The highest BCUT2D eigenvalue weighted by atomic mass is 15.2. The van der Waals surface area contributed by atoms with Crippen LogP contribution in [0.25, 0.3) is 0 Å². The van der Waals surface area contributed by atoms with Crippen LogP contribution in [0.1, 0.15) is 36.0 Å². The number of pyridine rings is 1. The van der Waals surface area contributed by atoms with Gasteiger partial charge >= 0.3 is 0 Å². The van der Waals surface area contributed by atoms with Crippen molar-refractivity contribution in [2.24, 2.45) is 0 Å². The summed E-state index contributed by atoms with van der Waals surface area (Å²) in [6.07, 6.45) is 7.95. The molecule has 0 spiro atoms. The smallest absolute Gasteiger partial charge is 0.145 e. The summed E-state index contributed by atoms with van der Waals surface area (Å²) in [7, 11) is 4.13. The van der Waals surface area contributed by atoms with Gasteiger partial charge in [-0.05, 0) is 57.2 Å². The highest BCUT2D eigenvalue weighted by molar-refractivity contribution is 5.12. The Morgan fingerprint density at radius 2 is 2.00 bits per heavy atom. The van der Waals surface area contributed by atoms with Gasteiger partial charge in [-0.3, -0.25) is 9.88 Å². The lowest BCUT2D eigenvalue weighted by Gasteiger charge is -2.23. The van der Waals surface area contributed by atoms with E-state index in [4.69, 9.17) is 4.98 Å². The Hall–Kier alpha value is -1.85. The van der Waals surface area contributed by atoms with E-state index >= 15 is 0 Å². The number of nitrogens with zero attached hydrogens (tertiary/aromatic N) is 5. The minimum atomic E-state index is 0.329. The molecule has 5 heteroatoms. The van der Waals surface area contributed by atoms with Crippen LogP contribution >= 0.6 is 0 Å². The molecule has 0 unspecified atom stereocenters. The Labute approximate surface area is 132 Å². The fourth-order valence-corrected chi connectivity index (χ4v) is 3.02. The molecule has 3 heterocycles. The summed E-state index contributed by atoms with van der Waals surface area (Å²) < 4.78 is 0. The minimum Gasteiger partial charge on any atom is -0.304 e. The Balaban J connectivity index is 1.75. The summed E-state index contributed by atoms with van der Waals surface area (Å²) in [4.78, 5) is 18.0. The third-order valence-electron chi connectivity index (χ3n) is 4.01. The first kappa shape index (κ1) is 15.1. The monoisotopic (exact) mass is 297 g/mol. The van der Waals surface area contributed by atoms with Crippen molar-refractivity contribution in [1.82, 2.24) is 24.8 Å². The van der Waals surface area contributed by atoms with Crippen LogP contribution < -0.4 is 0 Å². The summed E-state index contributed by atoms with van der Waals surface area (Å²) >= 11 is 0. The van der Waals surface area contributed by atoms with Crippen LogP contribution in [-0.4, -0.2) is 45.4 Å². The second kappa shape index (κ2) is 6.94. The van der Waals surface area contributed by atoms with E-state index in [1.54, 1.807) is 0 Å². The van der Waals surface area contributed by atoms with E-state index in [1.807, 2.05) is 24.7 Å². The van der Waals surface area contributed by atoms with Gasteiger partial charge in [-0.1, -0.05) is 0 Å². The maximum absolute atomic E-state index is 4.78. The van der Waals surface area contributed by atoms with E-state index in [0.29, 0.717) is 6.04 Å². The SMILES string of the molecule is CN(C)Cc1ccnc([C@H]2CCCN2Cc2ccncc2)n1. The van der Waals surface area contributed by atoms with Gasteiger partial charge in [-0.2, -0.15) is 0 Å². The highest BCUT2D eigenvalue weighted by Gasteiger charge is 2.28. The lowest BCUT2D eigenvalue weighted by atomic mass is 10.2. The summed E-state index contributed by atoms with van der Waals surface area (Å²) in [5, 5.41) is 0. The summed E-state index contributed by atoms with van der Waals surface area (Å²) in [5.74, 6) is 0.964. The summed E-state index contributed by atoms with van der Waals surface area (Å²) in [6, 6.07) is 6.50. The van der Waals surface area contributed by atoms with Gasteiger partial charge in [0.1, 0.15) is 5.82 Å². The summed E-state index contributed by atoms with van der Waals surface area (Å²) in [6.45, 7) is 2.90. The molecule has 0 aromatic carbocycles. The predicted molar refractivity (Wildman–Crippen MR) is 86.0 cm³/mol. The van der Waals surface area contributed by atoms with E-state index in [2.05, 4.69) is 46.0 Å². The molecule has 3 rings (SSSR count). The van der Waals surface area contributed by atoms with Crippen molar-refractivity contribution in [1.29, 1.82) is 0 Å². The van der Waals surface area contributed by atoms with Crippen molar-refractivity contribution < 1.29 is 0 Å². The molecule has 1 fully saturated rings. The van der Waals surface area contributed by atoms with Gasteiger partial charge < -0.3 is 4.90 Å². The van der Waals surface area contributed by atoms with Crippen molar-refractivity contribution in [2.45, 2.75) is 32.0 Å². The maximum Gasteiger partial charge on any atom is 0.145 e. The Bertz CT molecular complexity index is 599. The second-order valence-corrected chi connectivity index (χ2v) is 6.13. The van der Waals surface area contributed by atoms with Crippen LogP contribution in [0.2, 0.25) is 0 Å². The quantitative estimate of drug-likeness (QED) is 0.847. The molecule has 0 radical (unpaired) electrons. The normalized spacial score (nSPS) is 19.0. The molecule has 1 aliphatic rings. The molecule has 0 aliphatic carbocycles. The molecule has 1 aliphatic heterocycles. The average Bonchev–Trinajstić information content (AvgIpc) is 2.96. The second-order valence-electron chi connectivity index (χ2n) is 6.13. The van der Waals surface area contributed by atoms with Crippen molar-refractivity contribution in [2.75, 3.05) is 20.6 Å². The van der Waals surface area contributed by atoms with Crippen LogP contribution in [0.5, 0.6) is 0 Å². The molecule has 1 saturated heterocycles. The molecule has 0 N–H and O–H groups in total. The zero-order chi connectivity index (χ0) is 15.4. The Kier molecular flexibility index (Phi) is 4.75. The van der Waals surface area contributed by atoms with E-state index in [9.17, 15) is 0 Å². The third kappa shape index (κ3) is 3.67. The van der Waals surface area contributed by atoms with Crippen LogP contribution in [0.4, 0.5) is 0 Å². The number of hydrogen-bond acceptors (Lipinski definition) is 5. The lowest BCUT2D eigenvalue weighted by Crippen LogP contribution is -2.25. The number of aromatic nitrogens is 3. The van der Waals surface area contributed by atoms with Gasteiger partial charge in [0, 0.05) is 31.7 Å². The largest absolute Gasteiger partial charge is 0.304 e. The molecule has 5 nitrogen and oxygen atoms in total. The van der Waals surface area contributed by atoms with Crippen molar-refractivity contribution in [3.05, 3.63) is 53.9 Å². The molecule has 116 valence electrons. The maximum atomic E-state index is 4.78. The van der Waals surface area contributed by atoms with E-state index in [-0.39, 0.29) is 0 Å². The number of hydrogen-bond donors (Lipinski definition) is 0. The number of likely N-dealkylation sites (tertiary alicyclic amines) is 1. The lowest BCUT2D eigenvalue weighted by molar-refractivity contribution is 0.239. The minimum absolute atomic E-state index is 0.329. The first-order valence-electron chi connectivity index (χ1n) is 7.82. The zero-order valence-corrected chi connectivity index (χ0v) is 13.3. The Morgan fingerprint density at radius 1 is 1.18 bits per heavy atom. The third-order valence-corrected chi connectivity index (χ3v) is 4.01. The fourth-order valence-electron chi connectivity index (χ4n) is 3.02. The predicted octanol–water partition coefficient (Wildman–Crippen LogP) is 2.27. The first-order valence-corrected chi connectivity index (χ1v) is 7.82. The van der Waals surface area contributed by atoms with Crippen LogP contribution in [-0.2, 0) is 13.1 Å². The molecule has 0 saturated carbocycles. The molecule has 0 amide bonds. The van der Waals surface area contributed by atoms with Gasteiger partial charge in [0.2, 0.25) is 0 Å². The topological polar surface area (TPSA) is 45.2 Å². The van der Waals surface area contributed by atoms with Crippen molar-refractivity contribution in [3.8, 4) is 0 Å². The van der Waals surface area contributed by atoms with Gasteiger partial charge in [0.05, 0.1) is 11.7 Å². The molecular formula is C17H23N5. The molecule has 2 aromatic rings. The number of rotatable bonds is 5. The fraction of sp³-hybridized carbons (Fsp3) is 0.471. The van der Waals surface area contributed by atoms with Gasteiger partial charge in [0.25, 0.3) is 0 Å². The van der Waals surface area contributed by atoms with Gasteiger partial charge in [0.15, 0.2) is 0 Å². The van der Waals surface area contributed by atoms with Crippen LogP contribution in [0.3, 0.4) is 0 Å². The van der Waals surface area contributed by atoms with Gasteiger partial charge in [-0.15, -0.1) is 0 Å². The summed E-state index contributed by atoms with van der Waals surface area (Å²) in [5.41, 5.74) is 2.39. The Morgan fingerprint density at radius 3 is 2.77 bits per heavy atom. The molecule has 0 bridgehead atoms. The van der Waals surface area contributed by atoms with Crippen LogP contribution in [0, 0.1) is 0 Å². The average molecular weight is 297 g/mol.